The quantitative estimate of drug-likeness (QED) is 0.215. The van der Waals surface area contributed by atoms with Crippen LogP contribution in [-0.2, 0) is 15.9 Å². The zero-order chi connectivity index (χ0) is 29.2. The first-order valence-corrected chi connectivity index (χ1v) is 16.6. The lowest BCUT2D eigenvalue weighted by Crippen LogP contribution is -2.30. The van der Waals surface area contributed by atoms with Crippen molar-refractivity contribution in [1.29, 1.82) is 0 Å². The van der Waals surface area contributed by atoms with Crippen molar-refractivity contribution >= 4 is 0 Å². The summed E-state index contributed by atoms with van der Waals surface area (Å²) in [7, 11) is 0. The third-order valence-corrected chi connectivity index (χ3v) is 11.0. The predicted octanol–water partition coefficient (Wildman–Crippen LogP) is 10.1. The molecule has 6 rings (SSSR count). The number of hydrogen-bond donors (Lipinski definition) is 0. The Bertz CT molecular complexity index is 1200. The second kappa shape index (κ2) is 13.4. The van der Waals surface area contributed by atoms with Gasteiger partial charge in [0, 0.05) is 12.2 Å². The molecule has 0 amide bonds. The molecule has 6 heteroatoms. The fourth-order valence-electron chi connectivity index (χ4n) is 8.29. The molecule has 42 heavy (non-hydrogen) atoms. The largest absolute Gasteiger partial charge is 0.378 e. The van der Waals surface area contributed by atoms with Gasteiger partial charge in [-0.05, 0) is 130 Å². The van der Waals surface area contributed by atoms with Gasteiger partial charge in [-0.3, -0.25) is 0 Å². The van der Waals surface area contributed by atoms with Crippen LogP contribution in [0.4, 0.5) is 17.6 Å². The maximum absolute atomic E-state index is 14.8. The number of halogens is 4. The molecule has 3 aliphatic carbocycles. The van der Waals surface area contributed by atoms with Crippen molar-refractivity contribution < 1.29 is 27.0 Å². The zero-order valence-electron chi connectivity index (χ0n) is 25.0. The minimum atomic E-state index is -0.718. The summed E-state index contributed by atoms with van der Waals surface area (Å²) < 4.78 is 70.2. The lowest BCUT2D eigenvalue weighted by molar-refractivity contribution is -0.0149. The van der Waals surface area contributed by atoms with Crippen LogP contribution in [0.3, 0.4) is 0 Å². The van der Waals surface area contributed by atoms with E-state index in [0.717, 1.165) is 77.2 Å². The Balaban J connectivity index is 0.905. The maximum Gasteiger partial charge on any atom is 0.165 e. The maximum atomic E-state index is 14.8. The van der Waals surface area contributed by atoms with Crippen LogP contribution in [0.15, 0.2) is 24.3 Å². The van der Waals surface area contributed by atoms with E-state index in [9.17, 15) is 17.6 Å². The second-order valence-electron chi connectivity index (χ2n) is 13.6. The van der Waals surface area contributed by atoms with Crippen LogP contribution in [0.5, 0.6) is 0 Å². The minimum Gasteiger partial charge on any atom is -0.378 e. The Kier molecular flexibility index (Phi) is 9.60. The molecule has 1 atom stereocenters. The summed E-state index contributed by atoms with van der Waals surface area (Å²) in [5.41, 5.74) is 1.94. The molecule has 4 aliphatic rings. The molecule has 4 fully saturated rings. The fraction of sp³-hybridized carbons (Fsp3) is 0.667. The van der Waals surface area contributed by atoms with Gasteiger partial charge in [0.25, 0.3) is 0 Å². The average Bonchev–Trinajstić information content (AvgIpc) is 3.86. The average molecular weight is 587 g/mol. The SMILES string of the molecule is CCCc1ccc(C2CCC(COC3CCC(C4CCC(c5ccc(C6CO6)c(F)c5F)CC4)CC3)CC2)c(F)c1F. The van der Waals surface area contributed by atoms with E-state index in [1.54, 1.807) is 18.2 Å². The first kappa shape index (κ1) is 30.1. The lowest BCUT2D eigenvalue weighted by Gasteiger charge is -2.38. The highest BCUT2D eigenvalue weighted by Crippen LogP contribution is 2.45. The Hall–Kier alpha value is -1.92. The van der Waals surface area contributed by atoms with Gasteiger partial charge in [0.15, 0.2) is 23.3 Å². The molecule has 1 unspecified atom stereocenters. The van der Waals surface area contributed by atoms with E-state index in [2.05, 4.69) is 0 Å². The van der Waals surface area contributed by atoms with Crippen LogP contribution in [-0.4, -0.2) is 19.3 Å². The summed E-state index contributed by atoms with van der Waals surface area (Å²) in [6.07, 6.45) is 13.8. The van der Waals surface area contributed by atoms with E-state index >= 15 is 0 Å². The molecule has 1 heterocycles. The normalized spacial score (nSPS) is 31.7. The van der Waals surface area contributed by atoms with Crippen molar-refractivity contribution in [2.45, 2.75) is 121 Å². The third kappa shape index (κ3) is 6.60. The smallest absolute Gasteiger partial charge is 0.165 e. The zero-order valence-corrected chi connectivity index (χ0v) is 25.0. The highest BCUT2D eigenvalue weighted by molar-refractivity contribution is 5.32. The number of rotatable bonds is 9. The van der Waals surface area contributed by atoms with Crippen molar-refractivity contribution in [2.75, 3.05) is 13.2 Å². The van der Waals surface area contributed by atoms with Crippen LogP contribution >= 0.6 is 0 Å². The monoisotopic (exact) mass is 586 g/mol. The number of aryl methyl sites for hydroxylation is 1. The highest BCUT2D eigenvalue weighted by atomic mass is 19.2. The summed E-state index contributed by atoms with van der Waals surface area (Å²) in [6, 6.07) is 7.10. The van der Waals surface area contributed by atoms with E-state index < -0.39 is 23.3 Å². The lowest BCUT2D eigenvalue weighted by atomic mass is 9.69. The van der Waals surface area contributed by atoms with Gasteiger partial charge in [-0.15, -0.1) is 0 Å². The standard InChI is InChI=1S/C36H46F4O2/c1-2-3-27-14-17-29(34(38)33(27)37)25-6-4-22(5-7-25)20-41-28-15-12-24(13-16-28)23-8-10-26(11-9-23)30-18-19-31(32-21-42-32)36(40)35(30)39/h14,17-19,22-26,28,32H,2-13,15-16,20-21H2,1H3. The number of epoxide rings is 1. The van der Waals surface area contributed by atoms with E-state index in [-0.39, 0.29) is 17.9 Å². The van der Waals surface area contributed by atoms with Crippen molar-refractivity contribution in [3.05, 3.63) is 69.8 Å². The number of benzene rings is 2. The summed E-state index contributed by atoms with van der Waals surface area (Å²) in [5.74, 6) is -0.587. The molecule has 0 N–H and O–H groups in total. The van der Waals surface area contributed by atoms with Crippen LogP contribution < -0.4 is 0 Å². The summed E-state index contributed by atoms with van der Waals surface area (Å²) in [5, 5.41) is 0. The van der Waals surface area contributed by atoms with Crippen LogP contribution in [0.1, 0.15) is 131 Å². The Morgan fingerprint density at radius 3 is 1.74 bits per heavy atom. The van der Waals surface area contributed by atoms with Gasteiger partial charge in [0.05, 0.1) is 12.7 Å². The Morgan fingerprint density at radius 2 is 1.14 bits per heavy atom. The van der Waals surface area contributed by atoms with Crippen LogP contribution in [0.25, 0.3) is 0 Å². The predicted molar refractivity (Wildman–Crippen MR) is 156 cm³/mol. The first-order valence-electron chi connectivity index (χ1n) is 16.6. The van der Waals surface area contributed by atoms with E-state index in [4.69, 9.17) is 9.47 Å². The van der Waals surface area contributed by atoms with Gasteiger partial charge in [0.2, 0.25) is 0 Å². The van der Waals surface area contributed by atoms with Crippen LogP contribution in [0.2, 0.25) is 0 Å². The molecule has 1 aliphatic heterocycles. The molecule has 1 saturated heterocycles. The van der Waals surface area contributed by atoms with E-state index in [0.29, 0.717) is 59.1 Å². The molecule has 0 aromatic heterocycles. The molecule has 0 bridgehead atoms. The van der Waals surface area contributed by atoms with Crippen molar-refractivity contribution in [1.82, 2.24) is 0 Å². The molecule has 0 spiro atoms. The second-order valence-corrected chi connectivity index (χ2v) is 13.6. The molecule has 2 aromatic rings. The van der Waals surface area contributed by atoms with Gasteiger partial charge in [-0.2, -0.15) is 0 Å². The van der Waals surface area contributed by atoms with Crippen molar-refractivity contribution in [3.63, 3.8) is 0 Å². The topological polar surface area (TPSA) is 21.8 Å². The summed E-state index contributed by atoms with van der Waals surface area (Å²) in [4.78, 5) is 0. The van der Waals surface area contributed by atoms with Gasteiger partial charge in [-0.25, -0.2) is 17.6 Å². The fourth-order valence-corrected chi connectivity index (χ4v) is 8.29. The van der Waals surface area contributed by atoms with Crippen molar-refractivity contribution in [3.8, 4) is 0 Å². The van der Waals surface area contributed by atoms with Gasteiger partial charge in [0.1, 0.15) is 6.10 Å². The van der Waals surface area contributed by atoms with Gasteiger partial charge >= 0.3 is 0 Å². The molecular formula is C36H46F4O2. The Morgan fingerprint density at radius 1 is 0.643 bits per heavy atom. The molecule has 230 valence electrons. The van der Waals surface area contributed by atoms with Gasteiger partial charge < -0.3 is 9.47 Å². The number of hydrogen-bond acceptors (Lipinski definition) is 2. The third-order valence-electron chi connectivity index (χ3n) is 11.0. The molecule has 2 nitrogen and oxygen atoms in total. The summed E-state index contributed by atoms with van der Waals surface area (Å²) >= 11 is 0. The van der Waals surface area contributed by atoms with Crippen LogP contribution in [0, 0.1) is 41.0 Å². The number of ether oxygens (including phenoxy) is 2. The molecular weight excluding hydrogens is 540 g/mol. The van der Waals surface area contributed by atoms with Crippen molar-refractivity contribution in [2.24, 2.45) is 17.8 Å². The summed E-state index contributed by atoms with van der Waals surface area (Å²) in [6.45, 7) is 3.23. The van der Waals surface area contributed by atoms with E-state index in [1.807, 2.05) is 13.0 Å². The molecule has 2 aromatic carbocycles. The highest BCUT2D eigenvalue weighted by Gasteiger charge is 2.35. The first-order chi connectivity index (χ1) is 20.4. The van der Waals surface area contributed by atoms with E-state index in [1.165, 1.54) is 12.8 Å². The molecule has 0 radical (unpaired) electrons. The van der Waals surface area contributed by atoms with Gasteiger partial charge in [-0.1, -0.05) is 37.6 Å². The molecule has 3 saturated carbocycles. The minimum absolute atomic E-state index is 0.101. The Labute approximate surface area is 248 Å².